The molecule has 1 fully saturated rings. The Hall–Kier alpha value is -1.56. The third-order valence-corrected chi connectivity index (χ3v) is 4.66. The molecule has 1 N–H and O–H groups in total. The molecule has 1 atom stereocenters. The quantitative estimate of drug-likeness (QED) is 0.919. The van der Waals surface area contributed by atoms with Gasteiger partial charge in [-0.3, -0.25) is 14.3 Å². The molecule has 1 aliphatic heterocycles. The van der Waals surface area contributed by atoms with Crippen LogP contribution in [-0.4, -0.2) is 45.6 Å². The first-order chi connectivity index (χ1) is 10.4. The molecule has 0 aromatic carbocycles. The van der Waals surface area contributed by atoms with Gasteiger partial charge in [-0.25, -0.2) is 0 Å². The van der Waals surface area contributed by atoms with Crippen LogP contribution in [0.4, 0.5) is 0 Å². The molecule has 2 heterocycles. The van der Waals surface area contributed by atoms with Crippen molar-refractivity contribution in [2.24, 2.45) is 7.05 Å². The highest BCUT2D eigenvalue weighted by atomic mass is 35.5. The summed E-state index contributed by atoms with van der Waals surface area (Å²) in [5.74, 6) is -0.154. The lowest BCUT2D eigenvalue weighted by atomic mass is 9.98. The lowest BCUT2D eigenvalue weighted by molar-refractivity contribution is -0.119. The van der Waals surface area contributed by atoms with Crippen LogP contribution in [0, 0.1) is 6.92 Å². The van der Waals surface area contributed by atoms with Gasteiger partial charge in [0.2, 0.25) is 5.91 Å². The Balaban J connectivity index is 2.10. The molecule has 1 aromatic rings. The second-order valence-electron chi connectivity index (χ2n) is 5.79. The Labute approximate surface area is 135 Å². The Morgan fingerprint density at radius 1 is 1.41 bits per heavy atom. The number of nitrogens with zero attached hydrogens (tertiary/aromatic N) is 3. The number of aromatic nitrogens is 2. The molecule has 6 nitrogen and oxygen atoms in total. The van der Waals surface area contributed by atoms with Crippen molar-refractivity contribution in [2.45, 2.75) is 45.6 Å². The lowest BCUT2D eigenvalue weighted by Crippen LogP contribution is -2.45. The highest BCUT2D eigenvalue weighted by molar-refractivity contribution is 6.34. The van der Waals surface area contributed by atoms with Gasteiger partial charge in [-0.15, -0.1) is 0 Å². The van der Waals surface area contributed by atoms with E-state index in [-0.39, 0.29) is 17.9 Å². The SMILES string of the molecule is CC(=O)NCC[C@H]1CCCCN1C(=O)c1nn(C)c(C)c1Cl. The highest BCUT2D eigenvalue weighted by Crippen LogP contribution is 2.25. The van der Waals surface area contributed by atoms with Crippen molar-refractivity contribution in [2.75, 3.05) is 13.1 Å². The number of rotatable bonds is 4. The van der Waals surface area contributed by atoms with E-state index in [0.29, 0.717) is 17.3 Å². The molecule has 2 rings (SSSR count). The Kier molecular flexibility index (Phi) is 5.45. The second-order valence-corrected chi connectivity index (χ2v) is 6.17. The summed E-state index contributed by atoms with van der Waals surface area (Å²) in [6.07, 6.45) is 3.80. The fourth-order valence-corrected chi connectivity index (χ4v) is 3.08. The van der Waals surface area contributed by atoms with E-state index in [1.807, 2.05) is 11.8 Å². The van der Waals surface area contributed by atoms with Gasteiger partial charge in [0.1, 0.15) is 0 Å². The molecule has 1 saturated heterocycles. The average Bonchev–Trinajstić information content (AvgIpc) is 2.74. The van der Waals surface area contributed by atoms with Gasteiger partial charge in [0.05, 0.1) is 10.7 Å². The van der Waals surface area contributed by atoms with E-state index in [9.17, 15) is 9.59 Å². The number of piperidine rings is 1. The summed E-state index contributed by atoms with van der Waals surface area (Å²) in [5, 5.41) is 7.47. The van der Waals surface area contributed by atoms with Gasteiger partial charge in [0.15, 0.2) is 5.69 Å². The van der Waals surface area contributed by atoms with Crippen LogP contribution in [0.2, 0.25) is 5.02 Å². The molecular formula is C15H23ClN4O2. The number of hydrogen-bond acceptors (Lipinski definition) is 3. The van der Waals surface area contributed by atoms with Gasteiger partial charge in [0, 0.05) is 33.1 Å². The summed E-state index contributed by atoms with van der Waals surface area (Å²) in [4.78, 5) is 25.6. The van der Waals surface area contributed by atoms with E-state index in [1.165, 1.54) is 6.92 Å². The Morgan fingerprint density at radius 2 is 2.14 bits per heavy atom. The highest BCUT2D eigenvalue weighted by Gasteiger charge is 2.30. The minimum absolute atomic E-state index is 0.0444. The van der Waals surface area contributed by atoms with Crippen LogP contribution in [0.3, 0.4) is 0 Å². The van der Waals surface area contributed by atoms with E-state index >= 15 is 0 Å². The third kappa shape index (κ3) is 3.61. The number of amides is 2. The molecule has 0 saturated carbocycles. The summed E-state index contributed by atoms with van der Waals surface area (Å²) in [6, 6.07) is 0.131. The zero-order valence-corrected chi connectivity index (χ0v) is 14.1. The van der Waals surface area contributed by atoms with Crippen LogP contribution in [0.5, 0.6) is 0 Å². The molecule has 1 aliphatic rings. The van der Waals surface area contributed by atoms with Crippen LogP contribution in [0.25, 0.3) is 0 Å². The first kappa shape index (κ1) is 16.8. The van der Waals surface area contributed by atoms with Crippen molar-refractivity contribution in [1.82, 2.24) is 20.0 Å². The van der Waals surface area contributed by atoms with Gasteiger partial charge in [-0.05, 0) is 32.6 Å². The fraction of sp³-hybridized carbons (Fsp3) is 0.667. The lowest BCUT2D eigenvalue weighted by Gasteiger charge is -2.35. The van der Waals surface area contributed by atoms with Crippen molar-refractivity contribution >= 4 is 23.4 Å². The predicted molar refractivity (Wildman–Crippen MR) is 84.9 cm³/mol. The molecule has 0 spiro atoms. The number of aryl methyl sites for hydroxylation is 1. The van der Waals surface area contributed by atoms with E-state index in [0.717, 1.165) is 37.9 Å². The zero-order chi connectivity index (χ0) is 16.3. The summed E-state index contributed by atoms with van der Waals surface area (Å²) in [5.41, 5.74) is 1.12. The van der Waals surface area contributed by atoms with Crippen LogP contribution in [-0.2, 0) is 11.8 Å². The molecule has 122 valence electrons. The molecule has 0 bridgehead atoms. The number of likely N-dealkylation sites (tertiary alicyclic amines) is 1. The van der Waals surface area contributed by atoms with E-state index in [4.69, 9.17) is 11.6 Å². The molecule has 2 amide bonds. The Bertz CT molecular complexity index is 570. The monoisotopic (exact) mass is 326 g/mol. The molecule has 0 radical (unpaired) electrons. The molecule has 22 heavy (non-hydrogen) atoms. The maximum Gasteiger partial charge on any atom is 0.276 e. The fourth-order valence-electron chi connectivity index (χ4n) is 2.84. The minimum atomic E-state index is -0.110. The van der Waals surface area contributed by atoms with Crippen molar-refractivity contribution < 1.29 is 9.59 Å². The zero-order valence-electron chi connectivity index (χ0n) is 13.4. The summed E-state index contributed by atoms with van der Waals surface area (Å²) in [6.45, 7) is 4.64. The summed E-state index contributed by atoms with van der Waals surface area (Å²) in [7, 11) is 1.78. The maximum atomic E-state index is 12.8. The first-order valence-corrected chi connectivity index (χ1v) is 8.04. The van der Waals surface area contributed by atoms with Crippen molar-refractivity contribution in [3.63, 3.8) is 0 Å². The third-order valence-electron chi connectivity index (χ3n) is 4.20. The molecule has 7 heteroatoms. The van der Waals surface area contributed by atoms with E-state index < -0.39 is 0 Å². The van der Waals surface area contributed by atoms with Gasteiger partial charge < -0.3 is 10.2 Å². The predicted octanol–water partition coefficient (Wildman–Crippen LogP) is 1.90. The molecular weight excluding hydrogens is 304 g/mol. The van der Waals surface area contributed by atoms with Crippen molar-refractivity contribution in [3.8, 4) is 0 Å². The van der Waals surface area contributed by atoms with Gasteiger partial charge in [-0.2, -0.15) is 5.10 Å². The van der Waals surface area contributed by atoms with Crippen LogP contribution in [0.1, 0.15) is 48.8 Å². The second kappa shape index (κ2) is 7.13. The summed E-state index contributed by atoms with van der Waals surface area (Å²) < 4.78 is 1.63. The number of nitrogens with one attached hydrogen (secondary N) is 1. The molecule has 0 aliphatic carbocycles. The topological polar surface area (TPSA) is 67.2 Å². The molecule has 0 unspecified atom stereocenters. The smallest absolute Gasteiger partial charge is 0.276 e. The largest absolute Gasteiger partial charge is 0.356 e. The molecule has 1 aromatic heterocycles. The van der Waals surface area contributed by atoms with Crippen LogP contribution < -0.4 is 5.32 Å². The van der Waals surface area contributed by atoms with E-state index in [2.05, 4.69) is 10.4 Å². The van der Waals surface area contributed by atoms with Crippen LogP contribution in [0.15, 0.2) is 0 Å². The number of halogens is 1. The normalized spacial score (nSPS) is 18.4. The minimum Gasteiger partial charge on any atom is -0.356 e. The van der Waals surface area contributed by atoms with Gasteiger partial charge >= 0.3 is 0 Å². The Morgan fingerprint density at radius 3 is 2.73 bits per heavy atom. The summed E-state index contributed by atoms with van der Waals surface area (Å²) >= 11 is 6.23. The average molecular weight is 327 g/mol. The first-order valence-electron chi connectivity index (χ1n) is 7.66. The standard InChI is InChI=1S/C15H23ClN4O2/c1-10-13(16)14(18-19(10)3)15(22)20-9-5-4-6-12(20)7-8-17-11(2)21/h12H,4-9H2,1-3H3,(H,17,21)/t12-/m1/s1. The van der Waals surface area contributed by atoms with Gasteiger partial charge in [0.25, 0.3) is 5.91 Å². The maximum absolute atomic E-state index is 12.8. The van der Waals surface area contributed by atoms with E-state index in [1.54, 1.807) is 11.7 Å². The van der Waals surface area contributed by atoms with Crippen LogP contribution >= 0.6 is 11.6 Å². The number of carbonyl (C=O) groups excluding carboxylic acids is 2. The van der Waals surface area contributed by atoms with Crippen molar-refractivity contribution in [3.05, 3.63) is 16.4 Å². The van der Waals surface area contributed by atoms with Gasteiger partial charge in [-0.1, -0.05) is 11.6 Å². The number of hydrogen-bond donors (Lipinski definition) is 1. The number of carbonyl (C=O) groups is 2. The van der Waals surface area contributed by atoms with Crippen molar-refractivity contribution in [1.29, 1.82) is 0 Å².